The van der Waals surface area contributed by atoms with E-state index in [1.54, 1.807) is 43.3 Å². The van der Waals surface area contributed by atoms with E-state index in [1.165, 1.54) is 19.2 Å². The lowest BCUT2D eigenvalue weighted by Gasteiger charge is -2.24. The van der Waals surface area contributed by atoms with E-state index in [4.69, 9.17) is 9.84 Å². The van der Waals surface area contributed by atoms with Gasteiger partial charge in [0.15, 0.2) is 0 Å². The second kappa shape index (κ2) is 6.70. The molecule has 0 amide bonds. The highest BCUT2D eigenvalue weighted by atomic mass is 32.2. The van der Waals surface area contributed by atoms with E-state index in [0.29, 0.717) is 0 Å². The van der Waals surface area contributed by atoms with Gasteiger partial charge in [-0.05, 0) is 36.8 Å². The molecule has 6 nitrogen and oxygen atoms in total. The van der Waals surface area contributed by atoms with Crippen molar-refractivity contribution in [2.24, 2.45) is 0 Å². The number of carboxylic acid groups (broad SMARTS) is 1. The second-order valence-corrected chi connectivity index (χ2v) is 6.76. The van der Waals surface area contributed by atoms with E-state index in [1.807, 2.05) is 0 Å². The standard InChI is InChI=1S/C16H17NO5S/c1-12-8-9-15(22-2)14(10-12)17(11-16(18)19)23(20,21)13-6-4-3-5-7-13/h3-10H,11H2,1-2H3,(H,18,19). The van der Waals surface area contributed by atoms with Gasteiger partial charge in [-0.1, -0.05) is 24.3 Å². The molecule has 2 rings (SSSR count). The van der Waals surface area contributed by atoms with Gasteiger partial charge in [0.2, 0.25) is 0 Å². The molecule has 0 spiro atoms. The molecular weight excluding hydrogens is 318 g/mol. The number of anilines is 1. The van der Waals surface area contributed by atoms with Crippen LogP contribution in [0, 0.1) is 6.92 Å². The molecule has 0 heterocycles. The predicted octanol–water partition coefficient (Wildman–Crippen LogP) is 2.28. The van der Waals surface area contributed by atoms with Crippen LogP contribution in [-0.2, 0) is 14.8 Å². The summed E-state index contributed by atoms with van der Waals surface area (Å²) >= 11 is 0. The number of aryl methyl sites for hydroxylation is 1. The number of carbonyl (C=O) groups is 1. The van der Waals surface area contributed by atoms with E-state index in [9.17, 15) is 13.2 Å². The van der Waals surface area contributed by atoms with Gasteiger partial charge in [-0.15, -0.1) is 0 Å². The Morgan fingerprint density at radius 2 is 1.83 bits per heavy atom. The van der Waals surface area contributed by atoms with Crippen LogP contribution in [0.1, 0.15) is 5.56 Å². The fourth-order valence-corrected chi connectivity index (χ4v) is 3.57. The molecule has 0 atom stereocenters. The maximum Gasteiger partial charge on any atom is 0.324 e. The Kier molecular flexibility index (Phi) is 4.90. The third-order valence-corrected chi connectivity index (χ3v) is 4.99. The first-order chi connectivity index (χ1) is 10.9. The molecule has 0 aliphatic rings. The van der Waals surface area contributed by atoms with Crippen LogP contribution >= 0.6 is 0 Å². The Morgan fingerprint density at radius 1 is 1.17 bits per heavy atom. The molecular formula is C16H17NO5S. The number of nitrogens with zero attached hydrogens (tertiary/aromatic N) is 1. The molecule has 0 aliphatic heterocycles. The quantitative estimate of drug-likeness (QED) is 0.875. The summed E-state index contributed by atoms with van der Waals surface area (Å²) in [5.41, 5.74) is 0.984. The summed E-state index contributed by atoms with van der Waals surface area (Å²) in [5.74, 6) is -0.968. The van der Waals surface area contributed by atoms with Gasteiger partial charge in [-0.3, -0.25) is 9.10 Å². The lowest BCUT2D eigenvalue weighted by molar-refractivity contribution is -0.135. The largest absolute Gasteiger partial charge is 0.495 e. The van der Waals surface area contributed by atoms with E-state index in [2.05, 4.69) is 0 Å². The number of benzene rings is 2. The van der Waals surface area contributed by atoms with Crippen LogP contribution in [0.2, 0.25) is 0 Å². The van der Waals surface area contributed by atoms with Crippen molar-refractivity contribution in [1.29, 1.82) is 0 Å². The van der Waals surface area contributed by atoms with Crippen LogP contribution in [0.4, 0.5) is 5.69 Å². The van der Waals surface area contributed by atoms with E-state index < -0.39 is 22.5 Å². The number of hydrogen-bond donors (Lipinski definition) is 1. The lowest BCUT2D eigenvalue weighted by Crippen LogP contribution is -2.36. The van der Waals surface area contributed by atoms with Gasteiger partial charge in [-0.2, -0.15) is 0 Å². The summed E-state index contributed by atoms with van der Waals surface area (Å²) in [5, 5.41) is 9.14. The number of hydrogen-bond acceptors (Lipinski definition) is 4. The average molecular weight is 335 g/mol. The van der Waals surface area contributed by atoms with Crippen molar-refractivity contribution in [3.05, 3.63) is 54.1 Å². The smallest absolute Gasteiger partial charge is 0.324 e. The van der Waals surface area contributed by atoms with E-state index in [-0.39, 0.29) is 16.3 Å². The molecule has 0 aromatic heterocycles. The van der Waals surface area contributed by atoms with Gasteiger partial charge in [0.1, 0.15) is 12.3 Å². The normalized spacial score (nSPS) is 11.0. The Hall–Kier alpha value is -2.54. The topological polar surface area (TPSA) is 83.9 Å². The van der Waals surface area contributed by atoms with Crippen molar-refractivity contribution in [2.45, 2.75) is 11.8 Å². The fraction of sp³-hybridized carbons (Fsp3) is 0.188. The summed E-state index contributed by atoms with van der Waals surface area (Å²) in [6.07, 6.45) is 0. The van der Waals surface area contributed by atoms with E-state index >= 15 is 0 Å². The molecule has 122 valence electrons. The zero-order chi connectivity index (χ0) is 17.0. The van der Waals surface area contributed by atoms with Gasteiger partial charge >= 0.3 is 5.97 Å². The Labute approximate surface area is 135 Å². The molecule has 0 saturated heterocycles. The van der Waals surface area contributed by atoms with Crippen molar-refractivity contribution in [2.75, 3.05) is 18.0 Å². The number of ether oxygens (including phenoxy) is 1. The van der Waals surface area contributed by atoms with E-state index in [0.717, 1.165) is 9.87 Å². The lowest BCUT2D eigenvalue weighted by atomic mass is 10.2. The molecule has 0 fully saturated rings. The minimum atomic E-state index is -4.03. The van der Waals surface area contributed by atoms with Crippen molar-refractivity contribution >= 4 is 21.7 Å². The van der Waals surface area contributed by atoms with Crippen LogP contribution in [0.3, 0.4) is 0 Å². The molecule has 0 saturated carbocycles. The second-order valence-electron chi connectivity index (χ2n) is 4.89. The zero-order valence-electron chi connectivity index (χ0n) is 12.8. The highest BCUT2D eigenvalue weighted by molar-refractivity contribution is 7.92. The number of carboxylic acids is 1. The molecule has 0 unspecified atom stereocenters. The molecule has 1 N–H and O–H groups in total. The Bertz CT molecular complexity index is 802. The first-order valence-corrected chi connectivity index (χ1v) is 8.24. The molecule has 0 radical (unpaired) electrons. The average Bonchev–Trinajstić information content (AvgIpc) is 2.53. The SMILES string of the molecule is COc1ccc(C)cc1N(CC(=O)O)S(=O)(=O)c1ccccc1. The summed E-state index contributed by atoms with van der Waals surface area (Å²) in [6.45, 7) is 1.09. The zero-order valence-corrected chi connectivity index (χ0v) is 13.6. The maximum atomic E-state index is 12.9. The summed E-state index contributed by atoms with van der Waals surface area (Å²) in [6, 6.07) is 12.7. The maximum absolute atomic E-state index is 12.9. The minimum absolute atomic E-state index is 0.0183. The number of methoxy groups -OCH3 is 1. The summed E-state index contributed by atoms with van der Waals surface area (Å²) in [4.78, 5) is 11.2. The van der Waals surface area contributed by atoms with Crippen molar-refractivity contribution in [3.63, 3.8) is 0 Å². The molecule has 23 heavy (non-hydrogen) atoms. The van der Waals surface area contributed by atoms with Crippen LogP contribution in [0.25, 0.3) is 0 Å². The van der Waals surface area contributed by atoms with Gasteiger partial charge in [0.25, 0.3) is 10.0 Å². The monoisotopic (exact) mass is 335 g/mol. The molecule has 2 aromatic rings. The first-order valence-electron chi connectivity index (χ1n) is 6.80. The summed E-state index contributed by atoms with van der Waals surface area (Å²) in [7, 11) is -2.62. The molecule has 7 heteroatoms. The summed E-state index contributed by atoms with van der Waals surface area (Å²) < 4.78 is 31.7. The minimum Gasteiger partial charge on any atom is -0.495 e. The highest BCUT2D eigenvalue weighted by Crippen LogP contribution is 2.33. The molecule has 0 aliphatic carbocycles. The van der Waals surface area contributed by atoms with Gasteiger partial charge in [0.05, 0.1) is 17.7 Å². The third-order valence-electron chi connectivity index (χ3n) is 3.21. The van der Waals surface area contributed by atoms with Gasteiger partial charge in [-0.25, -0.2) is 8.42 Å². The highest BCUT2D eigenvalue weighted by Gasteiger charge is 2.29. The molecule has 0 bridgehead atoms. The van der Waals surface area contributed by atoms with Crippen molar-refractivity contribution in [1.82, 2.24) is 0 Å². The van der Waals surface area contributed by atoms with Gasteiger partial charge < -0.3 is 9.84 Å². The number of sulfonamides is 1. The number of aliphatic carboxylic acids is 1. The van der Waals surface area contributed by atoms with Crippen molar-refractivity contribution in [3.8, 4) is 5.75 Å². The van der Waals surface area contributed by atoms with Crippen molar-refractivity contribution < 1.29 is 23.1 Å². The van der Waals surface area contributed by atoms with Crippen LogP contribution in [0.15, 0.2) is 53.4 Å². The fourth-order valence-electron chi connectivity index (χ4n) is 2.14. The van der Waals surface area contributed by atoms with Crippen LogP contribution in [0.5, 0.6) is 5.75 Å². The Morgan fingerprint density at radius 3 is 2.39 bits per heavy atom. The van der Waals surface area contributed by atoms with Crippen LogP contribution < -0.4 is 9.04 Å². The third kappa shape index (κ3) is 3.62. The molecule has 2 aromatic carbocycles. The van der Waals surface area contributed by atoms with Gasteiger partial charge in [0, 0.05) is 0 Å². The number of rotatable bonds is 6. The first kappa shape index (κ1) is 16.8. The van der Waals surface area contributed by atoms with Crippen LogP contribution in [-0.4, -0.2) is 33.1 Å². The Balaban J connectivity index is 2.63. The predicted molar refractivity (Wildman–Crippen MR) is 86.3 cm³/mol.